The molecule has 1 aliphatic rings. The lowest BCUT2D eigenvalue weighted by Crippen LogP contribution is -2.23. The number of ether oxygens (including phenoxy) is 1. The molecule has 1 heterocycles. The number of thiophene rings is 1. The van der Waals surface area contributed by atoms with Gasteiger partial charge in [-0.15, -0.1) is 11.3 Å². The summed E-state index contributed by atoms with van der Waals surface area (Å²) in [6, 6.07) is 10.1. The van der Waals surface area contributed by atoms with Crippen molar-refractivity contribution in [1.29, 1.82) is 0 Å². The maximum Gasteiger partial charge on any atom is 0.349 e. The van der Waals surface area contributed by atoms with Gasteiger partial charge in [0.15, 0.2) is 4.88 Å². The van der Waals surface area contributed by atoms with Crippen molar-refractivity contribution >= 4 is 17.3 Å². The van der Waals surface area contributed by atoms with Crippen LogP contribution >= 0.6 is 11.3 Å². The van der Waals surface area contributed by atoms with Gasteiger partial charge in [0.2, 0.25) is 0 Å². The van der Waals surface area contributed by atoms with Crippen molar-refractivity contribution in [2.45, 2.75) is 19.3 Å². The number of hydrogen-bond donors (Lipinski definition) is 1. The zero-order valence-corrected chi connectivity index (χ0v) is 11.4. The van der Waals surface area contributed by atoms with E-state index in [2.05, 4.69) is 12.1 Å². The molecule has 1 aromatic carbocycles. The minimum Gasteiger partial charge on any atom is -0.491 e. The Kier molecular flexibility index (Phi) is 3.03. The Morgan fingerprint density at radius 1 is 1.47 bits per heavy atom. The molecular weight excluding hydrogens is 260 g/mol. The third-order valence-corrected chi connectivity index (χ3v) is 4.44. The molecule has 1 aromatic heterocycles. The van der Waals surface area contributed by atoms with Crippen molar-refractivity contribution in [1.82, 2.24) is 0 Å². The van der Waals surface area contributed by atoms with Crippen LogP contribution in [-0.4, -0.2) is 17.7 Å². The zero-order valence-electron chi connectivity index (χ0n) is 10.6. The van der Waals surface area contributed by atoms with E-state index >= 15 is 0 Å². The van der Waals surface area contributed by atoms with Gasteiger partial charge in [-0.1, -0.05) is 24.3 Å². The fraction of sp³-hybridized carbons (Fsp3) is 0.267. The van der Waals surface area contributed by atoms with Gasteiger partial charge >= 0.3 is 5.97 Å². The molecular formula is C15H14O3S. The molecule has 1 N–H and O–H groups in total. The highest BCUT2D eigenvalue weighted by atomic mass is 32.1. The summed E-state index contributed by atoms with van der Waals surface area (Å²) in [5.74, 6) is -0.0282. The van der Waals surface area contributed by atoms with Crippen LogP contribution in [0, 0.1) is 6.92 Å². The average molecular weight is 274 g/mol. The minimum atomic E-state index is -0.915. The Balaban J connectivity index is 1.70. The molecule has 4 heteroatoms. The molecule has 2 aromatic rings. The van der Waals surface area contributed by atoms with Crippen LogP contribution < -0.4 is 4.74 Å². The maximum absolute atomic E-state index is 11.1. The number of benzene rings is 1. The Morgan fingerprint density at radius 2 is 2.26 bits per heavy atom. The number of aromatic carboxylic acids is 1. The molecule has 1 aliphatic carbocycles. The van der Waals surface area contributed by atoms with E-state index in [0.717, 1.165) is 11.3 Å². The van der Waals surface area contributed by atoms with Crippen LogP contribution in [0.15, 0.2) is 30.3 Å². The van der Waals surface area contributed by atoms with E-state index in [0.29, 0.717) is 23.2 Å². The molecule has 0 saturated heterocycles. The highest BCUT2D eigenvalue weighted by Gasteiger charge is 2.26. The lowest BCUT2D eigenvalue weighted by Gasteiger charge is -2.29. The van der Waals surface area contributed by atoms with Crippen LogP contribution in [0.25, 0.3) is 0 Å². The standard InChI is InChI=1S/C15H14O3S/c1-9-6-13(14(19-9)15(16)17)18-8-11-7-10-4-2-3-5-12(10)11/h2-6,11H,7-8H2,1H3,(H,16,17). The average Bonchev–Trinajstić information content (AvgIpc) is 2.72. The molecule has 98 valence electrons. The molecule has 0 radical (unpaired) electrons. The summed E-state index contributed by atoms with van der Waals surface area (Å²) in [4.78, 5) is 12.3. The van der Waals surface area contributed by atoms with Crippen LogP contribution in [-0.2, 0) is 6.42 Å². The number of carboxylic acids is 1. The number of carboxylic acid groups (broad SMARTS) is 1. The van der Waals surface area contributed by atoms with E-state index in [1.807, 2.05) is 19.1 Å². The Labute approximate surface area is 115 Å². The largest absolute Gasteiger partial charge is 0.491 e. The van der Waals surface area contributed by atoms with Gasteiger partial charge in [-0.2, -0.15) is 0 Å². The summed E-state index contributed by atoms with van der Waals surface area (Å²) in [5.41, 5.74) is 2.70. The predicted molar refractivity (Wildman–Crippen MR) is 74.4 cm³/mol. The highest BCUT2D eigenvalue weighted by Crippen LogP contribution is 2.36. The van der Waals surface area contributed by atoms with Crippen LogP contribution in [0.4, 0.5) is 0 Å². The number of aryl methyl sites for hydroxylation is 1. The van der Waals surface area contributed by atoms with E-state index in [-0.39, 0.29) is 0 Å². The molecule has 1 unspecified atom stereocenters. The first-order valence-corrected chi connectivity index (χ1v) is 7.01. The topological polar surface area (TPSA) is 46.5 Å². The van der Waals surface area contributed by atoms with Gasteiger partial charge in [-0.25, -0.2) is 4.79 Å². The SMILES string of the molecule is Cc1cc(OCC2Cc3ccccc32)c(C(=O)O)s1. The number of rotatable bonds is 4. The number of fused-ring (bicyclic) bond motifs is 1. The second-order valence-electron chi connectivity index (χ2n) is 4.77. The van der Waals surface area contributed by atoms with Crippen molar-refractivity contribution in [2.24, 2.45) is 0 Å². The lowest BCUT2D eigenvalue weighted by molar-refractivity contribution is 0.0697. The van der Waals surface area contributed by atoms with E-state index in [1.165, 1.54) is 22.5 Å². The molecule has 0 fully saturated rings. The van der Waals surface area contributed by atoms with Gasteiger partial charge in [0.25, 0.3) is 0 Å². The predicted octanol–water partition coefficient (Wildman–Crippen LogP) is 3.47. The molecule has 0 aliphatic heterocycles. The minimum absolute atomic E-state index is 0.296. The van der Waals surface area contributed by atoms with Gasteiger partial charge in [0, 0.05) is 10.8 Å². The van der Waals surface area contributed by atoms with Gasteiger partial charge in [-0.05, 0) is 30.5 Å². The second kappa shape index (κ2) is 4.70. The Hall–Kier alpha value is -1.81. The maximum atomic E-state index is 11.1. The first-order valence-electron chi connectivity index (χ1n) is 6.19. The number of hydrogen-bond acceptors (Lipinski definition) is 3. The summed E-state index contributed by atoms with van der Waals surface area (Å²) in [5, 5.41) is 9.10. The van der Waals surface area contributed by atoms with Crippen LogP contribution in [0.5, 0.6) is 5.75 Å². The smallest absolute Gasteiger partial charge is 0.349 e. The molecule has 3 nitrogen and oxygen atoms in total. The quantitative estimate of drug-likeness (QED) is 0.928. The molecule has 0 saturated carbocycles. The number of carbonyl (C=O) groups is 1. The summed E-state index contributed by atoms with van der Waals surface area (Å²) in [6.07, 6.45) is 1.02. The summed E-state index contributed by atoms with van der Waals surface area (Å²) < 4.78 is 5.71. The van der Waals surface area contributed by atoms with Crippen LogP contribution in [0.2, 0.25) is 0 Å². The van der Waals surface area contributed by atoms with Crippen molar-refractivity contribution < 1.29 is 14.6 Å². The lowest BCUT2D eigenvalue weighted by atomic mass is 9.78. The normalized spacial score (nSPS) is 16.6. The summed E-state index contributed by atoms with van der Waals surface area (Å²) in [6.45, 7) is 2.44. The highest BCUT2D eigenvalue weighted by molar-refractivity contribution is 7.14. The van der Waals surface area contributed by atoms with Gasteiger partial charge < -0.3 is 9.84 Å². The monoisotopic (exact) mass is 274 g/mol. The molecule has 0 amide bonds. The van der Waals surface area contributed by atoms with Gasteiger partial charge in [0.1, 0.15) is 5.75 Å². The molecule has 19 heavy (non-hydrogen) atoms. The van der Waals surface area contributed by atoms with E-state index in [4.69, 9.17) is 9.84 Å². The molecule has 0 spiro atoms. The molecule has 1 atom stereocenters. The molecule has 3 rings (SSSR count). The van der Waals surface area contributed by atoms with Crippen molar-refractivity contribution in [2.75, 3.05) is 6.61 Å². The Morgan fingerprint density at radius 3 is 3.00 bits per heavy atom. The fourth-order valence-corrected chi connectivity index (χ4v) is 3.24. The Bertz CT molecular complexity index is 630. The third-order valence-electron chi connectivity index (χ3n) is 3.42. The summed E-state index contributed by atoms with van der Waals surface area (Å²) >= 11 is 1.26. The fourth-order valence-electron chi connectivity index (χ4n) is 2.45. The van der Waals surface area contributed by atoms with Crippen LogP contribution in [0.3, 0.4) is 0 Å². The van der Waals surface area contributed by atoms with Gasteiger partial charge in [0.05, 0.1) is 6.61 Å². The van der Waals surface area contributed by atoms with Gasteiger partial charge in [-0.3, -0.25) is 0 Å². The second-order valence-corrected chi connectivity index (χ2v) is 6.02. The zero-order chi connectivity index (χ0) is 13.4. The first-order chi connectivity index (χ1) is 9.15. The summed E-state index contributed by atoms with van der Waals surface area (Å²) in [7, 11) is 0. The third kappa shape index (κ3) is 2.24. The van der Waals surface area contributed by atoms with Crippen molar-refractivity contribution in [3.8, 4) is 5.75 Å². The molecule has 0 bridgehead atoms. The van der Waals surface area contributed by atoms with Crippen molar-refractivity contribution in [3.63, 3.8) is 0 Å². The van der Waals surface area contributed by atoms with E-state index in [9.17, 15) is 4.79 Å². The van der Waals surface area contributed by atoms with Crippen LogP contribution in [0.1, 0.15) is 31.6 Å². The first kappa shape index (κ1) is 12.2. The van der Waals surface area contributed by atoms with E-state index < -0.39 is 5.97 Å². The van der Waals surface area contributed by atoms with E-state index in [1.54, 1.807) is 6.07 Å². The van der Waals surface area contributed by atoms with Crippen molar-refractivity contribution in [3.05, 3.63) is 51.2 Å².